The highest BCUT2D eigenvalue weighted by molar-refractivity contribution is 5.38. The third-order valence-corrected chi connectivity index (χ3v) is 4.04. The second kappa shape index (κ2) is 3.57. The van der Waals surface area contributed by atoms with Gasteiger partial charge in [-0.25, -0.2) is 0 Å². The number of nitrogens with two attached hydrogens (primary N) is 1. The molecule has 0 aromatic heterocycles. The van der Waals surface area contributed by atoms with Gasteiger partial charge in [0.1, 0.15) is 0 Å². The third kappa shape index (κ3) is 1.66. The number of benzene rings is 1. The Kier molecular flexibility index (Phi) is 2.30. The van der Waals surface area contributed by atoms with Crippen LogP contribution in [0.15, 0.2) is 24.3 Å². The van der Waals surface area contributed by atoms with Crippen molar-refractivity contribution in [3.05, 3.63) is 35.4 Å². The zero-order valence-corrected chi connectivity index (χ0v) is 9.87. The Morgan fingerprint density at radius 1 is 1.25 bits per heavy atom. The van der Waals surface area contributed by atoms with Crippen LogP contribution in [0.1, 0.15) is 42.7 Å². The zero-order chi connectivity index (χ0) is 11.2. The molecule has 0 amide bonds. The van der Waals surface area contributed by atoms with E-state index in [2.05, 4.69) is 36.5 Å². The highest BCUT2D eigenvalue weighted by atomic mass is 15.0. The van der Waals surface area contributed by atoms with Gasteiger partial charge in [0.05, 0.1) is 0 Å². The van der Waals surface area contributed by atoms with E-state index in [0.717, 1.165) is 19.0 Å². The van der Waals surface area contributed by atoms with Gasteiger partial charge in [-0.05, 0) is 36.8 Å². The predicted octanol–water partition coefficient (Wildman–Crippen LogP) is 1.97. The summed E-state index contributed by atoms with van der Waals surface area (Å²) >= 11 is 0. The first kappa shape index (κ1) is 10.3. The number of nitrogens with one attached hydrogen (secondary N) is 1. The van der Waals surface area contributed by atoms with Gasteiger partial charge < -0.3 is 11.1 Å². The minimum atomic E-state index is -0.0923. The Balaban J connectivity index is 1.99. The monoisotopic (exact) mass is 216 g/mol. The minimum absolute atomic E-state index is 0.0923. The quantitative estimate of drug-likeness (QED) is 0.793. The van der Waals surface area contributed by atoms with Crippen molar-refractivity contribution in [1.82, 2.24) is 5.32 Å². The van der Waals surface area contributed by atoms with E-state index in [0.29, 0.717) is 5.92 Å². The maximum absolute atomic E-state index is 6.38. The SMILES string of the molecule is CC1(N)CNCC1c1ccccc1C1CC1. The Morgan fingerprint density at radius 3 is 2.50 bits per heavy atom. The van der Waals surface area contributed by atoms with Crippen molar-refractivity contribution in [2.24, 2.45) is 5.73 Å². The molecular formula is C14H20N2. The van der Waals surface area contributed by atoms with Gasteiger partial charge in [0.2, 0.25) is 0 Å². The van der Waals surface area contributed by atoms with Crippen molar-refractivity contribution in [3.8, 4) is 0 Å². The lowest BCUT2D eigenvalue weighted by molar-refractivity contribution is 0.460. The molecule has 1 aliphatic carbocycles. The van der Waals surface area contributed by atoms with E-state index >= 15 is 0 Å². The first-order chi connectivity index (χ1) is 7.68. The van der Waals surface area contributed by atoms with Crippen LogP contribution in [0, 0.1) is 0 Å². The van der Waals surface area contributed by atoms with Crippen LogP contribution >= 0.6 is 0 Å². The summed E-state index contributed by atoms with van der Waals surface area (Å²) in [6.07, 6.45) is 2.72. The summed E-state index contributed by atoms with van der Waals surface area (Å²) in [6, 6.07) is 8.88. The second-order valence-corrected chi connectivity index (χ2v) is 5.59. The average Bonchev–Trinajstić information content (AvgIpc) is 3.03. The lowest BCUT2D eigenvalue weighted by Gasteiger charge is -2.28. The molecule has 0 radical (unpaired) electrons. The minimum Gasteiger partial charge on any atom is -0.324 e. The van der Waals surface area contributed by atoms with Crippen molar-refractivity contribution in [3.63, 3.8) is 0 Å². The first-order valence-corrected chi connectivity index (χ1v) is 6.27. The summed E-state index contributed by atoms with van der Waals surface area (Å²) in [5.41, 5.74) is 9.32. The summed E-state index contributed by atoms with van der Waals surface area (Å²) in [7, 11) is 0. The lowest BCUT2D eigenvalue weighted by atomic mass is 9.81. The molecular weight excluding hydrogens is 196 g/mol. The summed E-state index contributed by atoms with van der Waals surface area (Å²) in [6.45, 7) is 4.12. The smallest absolute Gasteiger partial charge is 0.0334 e. The maximum atomic E-state index is 6.38. The van der Waals surface area contributed by atoms with Gasteiger partial charge in [-0.15, -0.1) is 0 Å². The molecule has 1 heterocycles. The van der Waals surface area contributed by atoms with Crippen LogP contribution in [0.4, 0.5) is 0 Å². The molecule has 2 nitrogen and oxygen atoms in total. The molecule has 2 unspecified atom stereocenters. The number of hydrogen-bond acceptors (Lipinski definition) is 2. The number of rotatable bonds is 2. The van der Waals surface area contributed by atoms with Gasteiger partial charge in [-0.2, -0.15) is 0 Å². The molecule has 2 fully saturated rings. The lowest BCUT2D eigenvalue weighted by Crippen LogP contribution is -2.43. The molecule has 0 bridgehead atoms. The largest absolute Gasteiger partial charge is 0.324 e. The second-order valence-electron chi connectivity index (χ2n) is 5.59. The molecule has 16 heavy (non-hydrogen) atoms. The predicted molar refractivity (Wildman–Crippen MR) is 66.6 cm³/mol. The van der Waals surface area contributed by atoms with Gasteiger partial charge >= 0.3 is 0 Å². The van der Waals surface area contributed by atoms with Gasteiger partial charge in [0, 0.05) is 24.5 Å². The Bertz CT molecular complexity index is 393. The average molecular weight is 216 g/mol. The van der Waals surface area contributed by atoms with Crippen molar-refractivity contribution >= 4 is 0 Å². The Morgan fingerprint density at radius 2 is 1.94 bits per heavy atom. The summed E-state index contributed by atoms with van der Waals surface area (Å²) in [4.78, 5) is 0. The van der Waals surface area contributed by atoms with E-state index in [1.165, 1.54) is 18.4 Å². The highest BCUT2D eigenvalue weighted by Gasteiger charge is 2.38. The summed E-state index contributed by atoms with van der Waals surface area (Å²) < 4.78 is 0. The van der Waals surface area contributed by atoms with E-state index in [-0.39, 0.29) is 5.54 Å². The summed E-state index contributed by atoms with van der Waals surface area (Å²) in [5.74, 6) is 1.29. The van der Waals surface area contributed by atoms with Crippen molar-refractivity contribution in [1.29, 1.82) is 0 Å². The molecule has 2 aliphatic rings. The molecule has 1 saturated carbocycles. The zero-order valence-electron chi connectivity index (χ0n) is 9.87. The molecule has 1 aromatic rings. The molecule has 1 aromatic carbocycles. The van der Waals surface area contributed by atoms with E-state index in [1.54, 1.807) is 5.56 Å². The van der Waals surface area contributed by atoms with Crippen LogP contribution in [-0.4, -0.2) is 18.6 Å². The molecule has 1 aliphatic heterocycles. The standard InChI is InChI=1S/C14H20N2/c1-14(15)9-16-8-13(14)12-5-3-2-4-11(12)10-6-7-10/h2-5,10,13,16H,6-9,15H2,1H3. The molecule has 86 valence electrons. The van der Waals surface area contributed by atoms with Gasteiger partial charge in [-0.1, -0.05) is 24.3 Å². The third-order valence-electron chi connectivity index (χ3n) is 4.04. The van der Waals surface area contributed by atoms with Crippen LogP contribution in [0.2, 0.25) is 0 Å². The fraction of sp³-hybridized carbons (Fsp3) is 0.571. The van der Waals surface area contributed by atoms with Crippen LogP contribution in [-0.2, 0) is 0 Å². The van der Waals surface area contributed by atoms with Crippen molar-refractivity contribution in [2.45, 2.75) is 37.1 Å². The fourth-order valence-electron chi connectivity index (χ4n) is 2.90. The first-order valence-electron chi connectivity index (χ1n) is 6.27. The van der Waals surface area contributed by atoms with Crippen LogP contribution in [0.25, 0.3) is 0 Å². The number of hydrogen-bond donors (Lipinski definition) is 2. The normalized spacial score (nSPS) is 34.2. The molecule has 2 heteroatoms. The van der Waals surface area contributed by atoms with Crippen LogP contribution in [0.5, 0.6) is 0 Å². The van der Waals surface area contributed by atoms with Gasteiger partial charge in [0.15, 0.2) is 0 Å². The van der Waals surface area contributed by atoms with Crippen molar-refractivity contribution < 1.29 is 0 Å². The molecule has 3 rings (SSSR count). The highest BCUT2D eigenvalue weighted by Crippen LogP contribution is 2.45. The molecule has 2 atom stereocenters. The molecule has 0 spiro atoms. The van der Waals surface area contributed by atoms with E-state index in [4.69, 9.17) is 5.73 Å². The topological polar surface area (TPSA) is 38.0 Å². The Labute approximate surface area is 97.2 Å². The van der Waals surface area contributed by atoms with E-state index < -0.39 is 0 Å². The van der Waals surface area contributed by atoms with Crippen LogP contribution < -0.4 is 11.1 Å². The van der Waals surface area contributed by atoms with Gasteiger partial charge in [0.25, 0.3) is 0 Å². The summed E-state index contributed by atoms with van der Waals surface area (Å²) in [5, 5.41) is 3.42. The van der Waals surface area contributed by atoms with Crippen LogP contribution in [0.3, 0.4) is 0 Å². The maximum Gasteiger partial charge on any atom is 0.0334 e. The molecule has 1 saturated heterocycles. The van der Waals surface area contributed by atoms with E-state index in [1.807, 2.05) is 0 Å². The van der Waals surface area contributed by atoms with Gasteiger partial charge in [-0.3, -0.25) is 0 Å². The van der Waals surface area contributed by atoms with Crippen molar-refractivity contribution in [2.75, 3.05) is 13.1 Å². The molecule has 3 N–H and O–H groups in total. The fourth-order valence-corrected chi connectivity index (χ4v) is 2.90. The Hall–Kier alpha value is -0.860. The van der Waals surface area contributed by atoms with E-state index in [9.17, 15) is 0 Å².